The van der Waals surface area contributed by atoms with Crippen LogP contribution in [0.1, 0.15) is 59.8 Å². The van der Waals surface area contributed by atoms with E-state index in [0.29, 0.717) is 5.41 Å². The molecule has 0 radical (unpaired) electrons. The van der Waals surface area contributed by atoms with Crippen LogP contribution in [0.4, 0.5) is 0 Å². The summed E-state index contributed by atoms with van der Waals surface area (Å²) < 4.78 is 0. The third kappa shape index (κ3) is 1.42. The Labute approximate surface area is 89.5 Å². The molecule has 0 spiro atoms. The molecule has 3 aliphatic carbocycles. The van der Waals surface area contributed by atoms with Crippen LogP contribution in [0.15, 0.2) is 0 Å². The molecule has 3 rings (SSSR count). The van der Waals surface area contributed by atoms with Crippen molar-refractivity contribution in [1.29, 1.82) is 0 Å². The summed E-state index contributed by atoms with van der Waals surface area (Å²) in [6.45, 7) is 9.83. The predicted molar refractivity (Wildman–Crippen MR) is 62.2 cm³/mol. The molecule has 14 heavy (non-hydrogen) atoms. The minimum absolute atomic E-state index is 0.683. The molecule has 3 saturated carbocycles. The van der Waals surface area contributed by atoms with Gasteiger partial charge in [-0.25, -0.2) is 0 Å². The van der Waals surface area contributed by atoms with E-state index in [1.54, 1.807) is 0 Å². The Balaban J connectivity index is 1.94. The fourth-order valence-electron chi connectivity index (χ4n) is 4.10. The van der Waals surface area contributed by atoms with Gasteiger partial charge in [-0.15, -0.1) is 0 Å². The Bertz CT molecular complexity index is 204. The van der Waals surface area contributed by atoms with Gasteiger partial charge in [0.05, 0.1) is 0 Å². The van der Waals surface area contributed by atoms with Crippen LogP contribution in [0.2, 0.25) is 0 Å². The highest BCUT2D eigenvalue weighted by Crippen LogP contribution is 2.63. The van der Waals surface area contributed by atoms with Crippen LogP contribution in [0.5, 0.6) is 0 Å². The van der Waals surface area contributed by atoms with Gasteiger partial charge in [-0.1, -0.05) is 47.0 Å². The second-order valence-electron chi connectivity index (χ2n) is 6.36. The first-order valence-electron chi connectivity index (χ1n) is 6.57. The third-order valence-corrected chi connectivity index (χ3v) is 5.44. The van der Waals surface area contributed by atoms with E-state index >= 15 is 0 Å². The molecule has 0 heteroatoms. The van der Waals surface area contributed by atoms with Gasteiger partial charge < -0.3 is 0 Å². The molecule has 0 amide bonds. The van der Waals surface area contributed by atoms with Gasteiger partial charge in [0.2, 0.25) is 0 Å². The molecule has 2 bridgehead atoms. The maximum atomic E-state index is 2.52. The zero-order valence-corrected chi connectivity index (χ0v) is 10.3. The standard InChI is InChI=1S/C14H26/c1-5-6-7-11-8-12-9-13(10(11)2)14(12,3)4/h10-13H,5-9H2,1-4H3/t10-,11+,12+,13+/m0/s1. The molecule has 0 nitrogen and oxygen atoms in total. The number of rotatable bonds is 3. The van der Waals surface area contributed by atoms with Gasteiger partial charge in [0.15, 0.2) is 0 Å². The topological polar surface area (TPSA) is 0 Å². The van der Waals surface area contributed by atoms with Crippen LogP contribution in [-0.2, 0) is 0 Å². The number of unbranched alkanes of at least 4 members (excludes halogenated alkanes) is 1. The third-order valence-electron chi connectivity index (χ3n) is 5.44. The smallest absolute Gasteiger partial charge is 0.0295 e. The van der Waals surface area contributed by atoms with Crippen molar-refractivity contribution in [2.75, 3.05) is 0 Å². The van der Waals surface area contributed by atoms with Crippen molar-refractivity contribution in [3.63, 3.8) is 0 Å². The Morgan fingerprint density at radius 3 is 2.43 bits per heavy atom. The fraction of sp³-hybridized carbons (Fsp3) is 1.00. The lowest BCUT2D eigenvalue weighted by atomic mass is 9.43. The normalized spacial score (nSPS) is 44.6. The molecule has 3 aliphatic rings. The Morgan fingerprint density at radius 1 is 1.21 bits per heavy atom. The van der Waals surface area contributed by atoms with E-state index in [1.165, 1.54) is 32.1 Å². The molecular formula is C14H26. The largest absolute Gasteiger partial charge is 0.0654 e. The van der Waals surface area contributed by atoms with Crippen LogP contribution in [-0.4, -0.2) is 0 Å². The van der Waals surface area contributed by atoms with Gasteiger partial charge >= 0.3 is 0 Å². The lowest BCUT2D eigenvalue weighted by Gasteiger charge is -2.62. The van der Waals surface area contributed by atoms with Crippen molar-refractivity contribution in [3.05, 3.63) is 0 Å². The molecule has 0 aromatic carbocycles. The van der Waals surface area contributed by atoms with Gasteiger partial charge in [-0.05, 0) is 41.9 Å². The van der Waals surface area contributed by atoms with Gasteiger partial charge in [0.1, 0.15) is 0 Å². The number of hydrogen-bond acceptors (Lipinski definition) is 0. The van der Waals surface area contributed by atoms with Crippen molar-refractivity contribution in [2.24, 2.45) is 29.1 Å². The summed E-state index contributed by atoms with van der Waals surface area (Å²) in [7, 11) is 0. The van der Waals surface area contributed by atoms with Gasteiger partial charge in [-0.2, -0.15) is 0 Å². The first kappa shape index (κ1) is 10.5. The average molecular weight is 194 g/mol. The Morgan fingerprint density at radius 2 is 1.93 bits per heavy atom. The summed E-state index contributed by atoms with van der Waals surface area (Å²) in [5.74, 6) is 4.17. The van der Waals surface area contributed by atoms with E-state index in [1.807, 2.05) is 0 Å². The van der Waals surface area contributed by atoms with Gasteiger partial charge in [0, 0.05) is 0 Å². The second kappa shape index (κ2) is 3.54. The predicted octanol–water partition coefficient (Wildman–Crippen LogP) is 4.49. The van der Waals surface area contributed by atoms with E-state index in [4.69, 9.17) is 0 Å². The molecular weight excluding hydrogens is 168 g/mol. The lowest BCUT2D eigenvalue weighted by molar-refractivity contribution is -0.130. The maximum absolute atomic E-state index is 2.52. The summed E-state index contributed by atoms with van der Waals surface area (Å²) in [6.07, 6.45) is 7.40. The van der Waals surface area contributed by atoms with Crippen LogP contribution < -0.4 is 0 Å². The van der Waals surface area contributed by atoms with Crippen molar-refractivity contribution in [3.8, 4) is 0 Å². The molecule has 0 aromatic heterocycles. The highest BCUT2D eigenvalue weighted by atomic mass is 14.6. The highest BCUT2D eigenvalue weighted by molar-refractivity contribution is 5.04. The molecule has 82 valence electrons. The minimum atomic E-state index is 0.683. The molecule has 3 fully saturated rings. The first-order valence-corrected chi connectivity index (χ1v) is 6.57. The summed E-state index contributed by atoms with van der Waals surface area (Å²) in [5, 5.41) is 0. The highest BCUT2D eigenvalue weighted by Gasteiger charge is 2.55. The van der Waals surface area contributed by atoms with Crippen LogP contribution in [0.3, 0.4) is 0 Å². The van der Waals surface area contributed by atoms with Gasteiger partial charge in [0.25, 0.3) is 0 Å². The van der Waals surface area contributed by atoms with E-state index < -0.39 is 0 Å². The van der Waals surface area contributed by atoms with Gasteiger partial charge in [-0.3, -0.25) is 0 Å². The quantitative estimate of drug-likeness (QED) is 0.621. The van der Waals surface area contributed by atoms with Crippen molar-refractivity contribution in [2.45, 2.75) is 59.8 Å². The van der Waals surface area contributed by atoms with E-state index in [2.05, 4.69) is 27.7 Å². The number of fused-ring (bicyclic) bond motifs is 2. The monoisotopic (exact) mass is 194 g/mol. The SMILES string of the molecule is CCCC[C@@H]1C[C@@H]2C[C@H]([C@H]1C)C2(C)C. The molecule has 0 aromatic rings. The molecule has 0 N–H and O–H groups in total. The van der Waals surface area contributed by atoms with Crippen LogP contribution in [0, 0.1) is 29.1 Å². The summed E-state index contributed by atoms with van der Waals surface area (Å²) in [4.78, 5) is 0. The van der Waals surface area contributed by atoms with Crippen molar-refractivity contribution in [1.82, 2.24) is 0 Å². The molecule has 0 unspecified atom stereocenters. The molecule has 4 atom stereocenters. The van der Waals surface area contributed by atoms with E-state index in [0.717, 1.165) is 23.7 Å². The van der Waals surface area contributed by atoms with Crippen LogP contribution in [0.25, 0.3) is 0 Å². The second-order valence-corrected chi connectivity index (χ2v) is 6.36. The Hall–Kier alpha value is 0. The van der Waals surface area contributed by atoms with E-state index in [9.17, 15) is 0 Å². The van der Waals surface area contributed by atoms with Crippen molar-refractivity contribution < 1.29 is 0 Å². The minimum Gasteiger partial charge on any atom is -0.0654 e. The Kier molecular flexibility index (Phi) is 2.66. The van der Waals surface area contributed by atoms with E-state index in [-0.39, 0.29) is 0 Å². The average Bonchev–Trinajstić information content (AvgIpc) is 2.15. The summed E-state index contributed by atoms with van der Waals surface area (Å²) >= 11 is 0. The maximum Gasteiger partial charge on any atom is -0.0295 e. The van der Waals surface area contributed by atoms with Crippen molar-refractivity contribution >= 4 is 0 Å². The first-order chi connectivity index (χ1) is 6.57. The lowest BCUT2D eigenvalue weighted by Crippen LogP contribution is -2.54. The number of hydrogen-bond donors (Lipinski definition) is 0. The summed E-state index contributed by atoms with van der Waals surface area (Å²) in [5.41, 5.74) is 0.683. The molecule has 0 aliphatic heterocycles. The zero-order valence-electron chi connectivity index (χ0n) is 10.3. The molecule has 0 saturated heterocycles. The van der Waals surface area contributed by atoms with Crippen LogP contribution >= 0.6 is 0 Å². The summed E-state index contributed by atoms with van der Waals surface area (Å²) in [6, 6.07) is 0. The fourth-order valence-corrected chi connectivity index (χ4v) is 4.10. The molecule has 0 heterocycles. The zero-order chi connectivity index (χ0) is 10.3.